The van der Waals surface area contributed by atoms with Crippen molar-refractivity contribution in [3.8, 4) is 0 Å². The second kappa shape index (κ2) is 8.88. The summed E-state index contributed by atoms with van der Waals surface area (Å²) >= 11 is 0. The lowest BCUT2D eigenvalue weighted by atomic mass is 9.99. The first kappa shape index (κ1) is 16.9. The first-order valence-electron chi connectivity index (χ1n) is 6.20. The zero-order valence-corrected chi connectivity index (χ0v) is 11.7. The summed E-state index contributed by atoms with van der Waals surface area (Å²) in [5, 5.41) is 2.65. The minimum absolute atomic E-state index is 0.0205. The van der Waals surface area contributed by atoms with Gasteiger partial charge in [-0.1, -0.05) is 20.3 Å². The standard InChI is InChI=1S/C12H25N3O3/c1-5-9(2)11(13)12(17)15(3)8-10(16)14-6-7-18-4/h9,11H,5-8,13H2,1-4H3,(H,14,16)/t9?,11-/m0/s1. The van der Waals surface area contributed by atoms with Crippen LogP contribution in [0.5, 0.6) is 0 Å². The molecule has 106 valence electrons. The van der Waals surface area contributed by atoms with E-state index < -0.39 is 6.04 Å². The second-order valence-corrected chi connectivity index (χ2v) is 4.45. The number of nitrogens with one attached hydrogen (secondary N) is 1. The summed E-state index contributed by atoms with van der Waals surface area (Å²) in [6.07, 6.45) is 0.834. The van der Waals surface area contributed by atoms with E-state index in [2.05, 4.69) is 5.32 Å². The summed E-state index contributed by atoms with van der Waals surface area (Å²) < 4.78 is 4.81. The average molecular weight is 259 g/mol. The maximum atomic E-state index is 11.9. The van der Waals surface area contributed by atoms with Gasteiger partial charge in [-0.25, -0.2) is 0 Å². The third-order valence-corrected chi connectivity index (χ3v) is 2.93. The number of methoxy groups -OCH3 is 1. The van der Waals surface area contributed by atoms with Crippen LogP contribution >= 0.6 is 0 Å². The molecule has 0 saturated carbocycles. The van der Waals surface area contributed by atoms with E-state index in [9.17, 15) is 9.59 Å². The van der Waals surface area contributed by atoms with Crippen LogP contribution in [-0.4, -0.2) is 56.6 Å². The number of rotatable bonds is 8. The van der Waals surface area contributed by atoms with Gasteiger partial charge in [-0.05, 0) is 5.92 Å². The minimum atomic E-state index is -0.549. The first-order chi connectivity index (χ1) is 8.43. The molecule has 0 aliphatic heterocycles. The minimum Gasteiger partial charge on any atom is -0.383 e. The summed E-state index contributed by atoms with van der Waals surface area (Å²) in [6, 6.07) is -0.549. The van der Waals surface area contributed by atoms with E-state index in [-0.39, 0.29) is 24.3 Å². The molecule has 2 amide bonds. The SMILES string of the molecule is CCC(C)[C@H](N)C(=O)N(C)CC(=O)NCCOC. The lowest BCUT2D eigenvalue weighted by molar-refractivity contribution is -0.136. The quantitative estimate of drug-likeness (QED) is 0.580. The van der Waals surface area contributed by atoms with Gasteiger partial charge in [0.2, 0.25) is 11.8 Å². The molecular weight excluding hydrogens is 234 g/mol. The third kappa shape index (κ3) is 5.97. The lowest BCUT2D eigenvalue weighted by Crippen LogP contribution is -2.48. The van der Waals surface area contributed by atoms with Crippen LogP contribution in [0.15, 0.2) is 0 Å². The monoisotopic (exact) mass is 259 g/mol. The van der Waals surface area contributed by atoms with Crippen LogP contribution < -0.4 is 11.1 Å². The highest BCUT2D eigenvalue weighted by atomic mass is 16.5. The molecular formula is C12H25N3O3. The Balaban J connectivity index is 4.11. The van der Waals surface area contributed by atoms with E-state index >= 15 is 0 Å². The van der Waals surface area contributed by atoms with Crippen molar-refractivity contribution < 1.29 is 14.3 Å². The molecule has 0 fully saturated rings. The molecule has 1 unspecified atom stereocenters. The lowest BCUT2D eigenvalue weighted by Gasteiger charge is -2.24. The van der Waals surface area contributed by atoms with Crippen LogP contribution in [0.3, 0.4) is 0 Å². The Labute approximate surface area is 109 Å². The third-order valence-electron chi connectivity index (χ3n) is 2.93. The highest BCUT2D eigenvalue weighted by Crippen LogP contribution is 2.07. The Hall–Kier alpha value is -1.14. The summed E-state index contributed by atoms with van der Waals surface area (Å²) in [6.45, 7) is 4.82. The summed E-state index contributed by atoms with van der Waals surface area (Å²) in [5.74, 6) is -0.304. The van der Waals surface area contributed by atoms with Gasteiger partial charge in [-0.15, -0.1) is 0 Å². The van der Waals surface area contributed by atoms with E-state index in [1.54, 1.807) is 14.2 Å². The Kier molecular flexibility index (Phi) is 8.32. The van der Waals surface area contributed by atoms with Gasteiger partial charge in [0.15, 0.2) is 0 Å². The fraction of sp³-hybridized carbons (Fsp3) is 0.833. The Morgan fingerprint density at radius 1 is 1.44 bits per heavy atom. The number of ether oxygens (including phenoxy) is 1. The maximum Gasteiger partial charge on any atom is 0.239 e. The number of nitrogens with two attached hydrogens (primary N) is 1. The summed E-state index contributed by atoms with van der Waals surface area (Å²) in [5.41, 5.74) is 5.83. The number of nitrogens with zero attached hydrogens (tertiary/aromatic N) is 1. The fourth-order valence-corrected chi connectivity index (χ4v) is 1.39. The van der Waals surface area contributed by atoms with Crippen LogP contribution in [0.25, 0.3) is 0 Å². The van der Waals surface area contributed by atoms with Gasteiger partial charge in [-0.2, -0.15) is 0 Å². The normalized spacial score (nSPS) is 13.8. The predicted molar refractivity (Wildman–Crippen MR) is 70.0 cm³/mol. The molecule has 18 heavy (non-hydrogen) atoms. The van der Waals surface area contributed by atoms with Crippen LogP contribution in [0.1, 0.15) is 20.3 Å². The molecule has 6 nitrogen and oxygen atoms in total. The molecule has 0 aliphatic carbocycles. The smallest absolute Gasteiger partial charge is 0.239 e. The van der Waals surface area contributed by atoms with Crippen molar-refractivity contribution in [1.29, 1.82) is 0 Å². The Morgan fingerprint density at radius 3 is 2.56 bits per heavy atom. The van der Waals surface area contributed by atoms with Crippen LogP contribution in [0.2, 0.25) is 0 Å². The van der Waals surface area contributed by atoms with Gasteiger partial charge < -0.3 is 20.7 Å². The number of carbonyl (C=O) groups is 2. The van der Waals surface area contributed by atoms with Crippen molar-refractivity contribution in [2.45, 2.75) is 26.3 Å². The zero-order chi connectivity index (χ0) is 14.1. The molecule has 0 saturated heterocycles. The Bertz CT molecular complexity index is 271. The zero-order valence-electron chi connectivity index (χ0n) is 11.7. The molecule has 0 radical (unpaired) electrons. The van der Waals surface area contributed by atoms with Gasteiger partial charge >= 0.3 is 0 Å². The first-order valence-corrected chi connectivity index (χ1v) is 6.20. The van der Waals surface area contributed by atoms with E-state index in [4.69, 9.17) is 10.5 Å². The highest BCUT2D eigenvalue weighted by molar-refractivity contribution is 5.87. The van der Waals surface area contributed by atoms with E-state index in [0.29, 0.717) is 13.2 Å². The topological polar surface area (TPSA) is 84.7 Å². The highest BCUT2D eigenvalue weighted by Gasteiger charge is 2.23. The molecule has 0 aromatic carbocycles. The molecule has 0 spiro atoms. The fourth-order valence-electron chi connectivity index (χ4n) is 1.39. The van der Waals surface area contributed by atoms with Gasteiger partial charge in [-0.3, -0.25) is 9.59 Å². The number of likely N-dealkylation sites (N-methyl/N-ethyl adjacent to an activating group) is 1. The van der Waals surface area contributed by atoms with Crippen LogP contribution in [0.4, 0.5) is 0 Å². The van der Waals surface area contributed by atoms with Crippen molar-refractivity contribution in [3.63, 3.8) is 0 Å². The van der Waals surface area contributed by atoms with Gasteiger partial charge in [0.25, 0.3) is 0 Å². The van der Waals surface area contributed by atoms with Crippen molar-refractivity contribution in [3.05, 3.63) is 0 Å². The molecule has 0 bridgehead atoms. The van der Waals surface area contributed by atoms with Crippen molar-refractivity contribution >= 4 is 11.8 Å². The molecule has 0 aliphatic rings. The molecule has 2 atom stereocenters. The molecule has 0 heterocycles. The van der Waals surface area contributed by atoms with E-state index in [1.807, 2.05) is 13.8 Å². The average Bonchev–Trinajstić information content (AvgIpc) is 2.36. The number of hydrogen-bond donors (Lipinski definition) is 2. The molecule has 0 rings (SSSR count). The van der Waals surface area contributed by atoms with Gasteiger partial charge in [0, 0.05) is 20.7 Å². The predicted octanol–water partition coefficient (Wildman–Crippen LogP) is -0.419. The van der Waals surface area contributed by atoms with Gasteiger partial charge in [0.1, 0.15) is 0 Å². The number of carbonyl (C=O) groups excluding carboxylic acids is 2. The second-order valence-electron chi connectivity index (χ2n) is 4.45. The van der Waals surface area contributed by atoms with Crippen molar-refractivity contribution in [2.24, 2.45) is 11.7 Å². The molecule has 0 aromatic rings. The largest absolute Gasteiger partial charge is 0.383 e. The van der Waals surface area contributed by atoms with E-state index in [0.717, 1.165) is 6.42 Å². The van der Waals surface area contributed by atoms with E-state index in [1.165, 1.54) is 4.90 Å². The number of amides is 2. The summed E-state index contributed by atoms with van der Waals surface area (Å²) in [4.78, 5) is 24.8. The van der Waals surface area contributed by atoms with Crippen LogP contribution in [-0.2, 0) is 14.3 Å². The maximum absolute atomic E-state index is 11.9. The molecule has 3 N–H and O–H groups in total. The van der Waals surface area contributed by atoms with Crippen LogP contribution in [0, 0.1) is 5.92 Å². The van der Waals surface area contributed by atoms with Crippen molar-refractivity contribution in [2.75, 3.05) is 33.9 Å². The Morgan fingerprint density at radius 2 is 2.06 bits per heavy atom. The number of hydrogen-bond acceptors (Lipinski definition) is 4. The summed E-state index contributed by atoms with van der Waals surface area (Å²) in [7, 11) is 3.15. The van der Waals surface area contributed by atoms with Crippen molar-refractivity contribution in [1.82, 2.24) is 10.2 Å². The van der Waals surface area contributed by atoms with Gasteiger partial charge in [0.05, 0.1) is 19.2 Å². The molecule has 0 aromatic heterocycles. The molecule has 6 heteroatoms.